The zero-order valence-electron chi connectivity index (χ0n) is 16.2. The van der Waals surface area contributed by atoms with Gasteiger partial charge in [-0.05, 0) is 72.8 Å². The fraction of sp³-hybridized carbons (Fsp3) is 1.00. The molecule has 21 heavy (non-hydrogen) atoms. The summed E-state index contributed by atoms with van der Waals surface area (Å²) in [7, 11) is 2.19. The summed E-state index contributed by atoms with van der Waals surface area (Å²) in [5.74, 6) is 0. The monoisotopic (exact) mass is 300 g/mol. The normalized spacial score (nSPS) is 20.0. The summed E-state index contributed by atoms with van der Waals surface area (Å²) in [6.07, 6.45) is 10.0. The Morgan fingerprint density at radius 1 is 0.571 bits per heavy atom. The molecule has 0 bridgehead atoms. The zero-order valence-corrected chi connectivity index (χ0v) is 16.2. The Labute approximate surface area is 136 Å². The summed E-state index contributed by atoms with van der Waals surface area (Å²) in [6, 6.07) is 0.762. The van der Waals surface area contributed by atoms with Crippen LogP contribution in [0.2, 0.25) is 0 Å². The summed E-state index contributed by atoms with van der Waals surface area (Å²) >= 11 is 0. The Kier molecular flexibility index (Phi) is 19.8. The third-order valence-electron chi connectivity index (χ3n) is 3.95. The van der Waals surface area contributed by atoms with Crippen LogP contribution in [0.4, 0.5) is 0 Å². The SMILES string of the molecule is CC.CC.CC(C)N1CCCCCC1.CN1CCCCC1. The van der Waals surface area contributed by atoms with Crippen molar-refractivity contribution in [2.24, 2.45) is 0 Å². The van der Waals surface area contributed by atoms with E-state index >= 15 is 0 Å². The van der Waals surface area contributed by atoms with Crippen molar-refractivity contribution in [3.05, 3.63) is 0 Å². The highest BCUT2D eigenvalue weighted by Crippen LogP contribution is 2.11. The van der Waals surface area contributed by atoms with Gasteiger partial charge in [0.2, 0.25) is 0 Å². The summed E-state index contributed by atoms with van der Waals surface area (Å²) in [5, 5.41) is 0. The van der Waals surface area contributed by atoms with Crippen molar-refractivity contribution in [1.29, 1.82) is 0 Å². The molecule has 0 atom stereocenters. The van der Waals surface area contributed by atoms with Gasteiger partial charge < -0.3 is 9.80 Å². The van der Waals surface area contributed by atoms with E-state index in [2.05, 4.69) is 30.7 Å². The van der Waals surface area contributed by atoms with Crippen LogP contribution < -0.4 is 0 Å². The number of likely N-dealkylation sites (tertiary alicyclic amines) is 2. The average molecular weight is 301 g/mol. The van der Waals surface area contributed by atoms with E-state index in [0.29, 0.717) is 0 Å². The van der Waals surface area contributed by atoms with Crippen LogP contribution in [0.1, 0.15) is 86.5 Å². The molecule has 130 valence electrons. The van der Waals surface area contributed by atoms with E-state index in [1.54, 1.807) is 0 Å². The van der Waals surface area contributed by atoms with Gasteiger partial charge in [0.1, 0.15) is 0 Å². The second kappa shape index (κ2) is 18.0. The van der Waals surface area contributed by atoms with Gasteiger partial charge in [0.25, 0.3) is 0 Å². The lowest BCUT2D eigenvalue weighted by molar-refractivity contribution is 0.231. The van der Waals surface area contributed by atoms with Crippen molar-refractivity contribution in [3.8, 4) is 0 Å². The molecule has 0 N–H and O–H groups in total. The Bertz CT molecular complexity index is 166. The predicted octanol–water partition coefficient (Wildman–Crippen LogP) is 5.43. The smallest absolute Gasteiger partial charge is 0.00385 e. The van der Waals surface area contributed by atoms with E-state index in [9.17, 15) is 0 Å². The molecule has 0 aromatic rings. The van der Waals surface area contributed by atoms with E-state index in [4.69, 9.17) is 0 Å². The maximum Gasteiger partial charge on any atom is 0.00385 e. The van der Waals surface area contributed by atoms with Gasteiger partial charge in [-0.1, -0.05) is 47.0 Å². The predicted molar refractivity (Wildman–Crippen MR) is 99.2 cm³/mol. The molecule has 0 spiro atoms. The third kappa shape index (κ3) is 14.6. The minimum absolute atomic E-state index is 0.762. The van der Waals surface area contributed by atoms with Gasteiger partial charge in [0, 0.05) is 6.04 Å². The minimum atomic E-state index is 0.762. The first-order valence-corrected chi connectivity index (χ1v) is 9.63. The highest BCUT2D eigenvalue weighted by Gasteiger charge is 2.10. The minimum Gasteiger partial charge on any atom is -0.306 e. The Hall–Kier alpha value is -0.0800. The van der Waals surface area contributed by atoms with Gasteiger partial charge >= 0.3 is 0 Å². The molecule has 2 aliphatic rings. The molecular weight excluding hydrogens is 256 g/mol. The number of rotatable bonds is 1. The first kappa shape index (κ1) is 23.2. The van der Waals surface area contributed by atoms with Gasteiger partial charge in [-0.25, -0.2) is 0 Å². The molecular formula is C19H44N2. The zero-order chi connectivity index (χ0) is 16.5. The fourth-order valence-corrected chi connectivity index (χ4v) is 2.66. The standard InChI is InChI=1S/C9H19N.C6H13N.2C2H6/c1-9(2)10-7-5-3-4-6-8-10;1-7-5-3-2-4-6-7;2*1-2/h9H,3-8H2,1-2H3;2-6H2,1H3;2*1-2H3. The molecule has 0 unspecified atom stereocenters. The largest absolute Gasteiger partial charge is 0.306 e. The highest BCUT2D eigenvalue weighted by atomic mass is 15.1. The van der Waals surface area contributed by atoms with Crippen LogP contribution in [-0.2, 0) is 0 Å². The molecule has 2 aliphatic heterocycles. The van der Waals surface area contributed by atoms with Crippen LogP contribution in [0.25, 0.3) is 0 Å². The van der Waals surface area contributed by atoms with Crippen LogP contribution >= 0.6 is 0 Å². The molecule has 2 heteroatoms. The maximum atomic E-state index is 2.59. The Balaban J connectivity index is 0. The topological polar surface area (TPSA) is 6.48 Å². The molecule has 2 rings (SSSR count). The maximum absolute atomic E-state index is 2.59. The van der Waals surface area contributed by atoms with Crippen molar-refractivity contribution in [3.63, 3.8) is 0 Å². The molecule has 2 heterocycles. The van der Waals surface area contributed by atoms with E-state index < -0.39 is 0 Å². The Morgan fingerprint density at radius 2 is 0.905 bits per heavy atom. The van der Waals surface area contributed by atoms with Crippen LogP contribution in [-0.4, -0.2) is 49.1 Å². The Morgan fingerprint density at radius 3 is 1.19 bits per heavy atom. The van der Waals surface area contributed by atoms with Crippen molar-refractivity contribution in [2.45, 2.75) is 92.5 Å². The van der Waals surface area contributed by atoms with Crippen molar-refractivity contribution in [2.75, 3.05) is 33.2 Å². The lowest BCUT2D eigenvalue weighted by atomic mass is 10.1. The lowest BCUT2D eigenvalue weighted by Gasteiger charge is -2.23. The summed E-state index contributed by atoms with van der Waals surface area (Å²) in [6.45, 7) is 17.9. The summed E-state index contributed by atoms with van der Waals surface area (Å²) in [5.41, 5.74) is 0. The van der Waals surface area contributed by atoms with Gasteiger partial charge in [-0.3, -0.25) is 0 Å². The van der Waals surface area contributed by atoms with Crippen LogP contribution in [0, 0.1) is 0 Å². The quantitative estimate of drug-likeness (QED) is 0.637. The first-order valence-electron chi connectivity index (χ1n) is 9.63. The molecule has 0 saturated carbocycles. The van der Waals surface area contributed by atoms with Gasteiger partial charge in [-0.15, -0.1) is 0 Å². The molecule has 0 aromatic heterocycles. The second-order valence-corrected chi connectivity index (χ2v) is 5.91. The molecule has 2 saturated heterocycles. The van der Waals surface area contributed by atoms with E-state index in [-0.39, 0.29) is 0 Å². The number of hydrogen-bond acceptors (Lipinski definition) is 2. The van der Waals surface area contributed by atoms with Gasteiger partial charge in [0.05, 0.1) is 0 Å². The summed E-state index contributed by atoms with van der Waals surface area (Å²) in [4.78, 5) is 4.98. The molecule has 0 aliphatic carbocycles. The van der Waals surface area contributed by atoms with E-state index in [1.807, 2.05) is 27.7 Å². The average Bonchev–Trinajstić information content (AvgIpc) is 2.82. The van der Waals surface area contributed by atoms with Crippen molar-refractivity contribution >= 4 is 0 Å². The number of nitrogens with zero attached hydrogens (tertiary/aromatic N) is 2. The van der Waals surface area contributed by atoms with Crippen molar-refractivity contribution < 1.29 is 0 Å². The summed E-state index contributed by atoms with van der Waals surface area (Å²) < 4.78 is 0. The number of piperidine rings is 1. The third-order valence-corrected chi connectivity index (χ3v) is 3.95. The second-order valence-electron chi connectivity index (χ2n) is 5.91. The lowest BCUT2D eigenvalue weighted by Crippen LogP contribution is -2.31. The molecule has 2 fully saturated rings. The van der Waals surface area contributed by atoms with Crippen molar-refractivity contribution in [1.82, 2.24) is 9.80 Å². The van der Waals surface area contributed by atoms with Gasteiger partial charge in [-0.2, -0.15) is 0 Å². The van der Waals surface area contributed by atoms with E-state index in [0.717, 1.165) is 6.04 Å². The molecule has 0 radical (unpaired) electrons. The van der Waals surface area contributed by atoms with Crippen LogP contribution in [0.15, 0.2) is 0 Å². The first-order chi connectivity index (χ1) is 10.2. The molecule has 0 aromatic carbocycles. The van der Waals surface area contributed by atoms with Crippen LogP contribution in [0.3, 0.4) is 0 Å². The molecule has 2 nitrogen and oxygen atoms in total. The molecule has 0 amide bonds. The van der Waals surface area contributed by atoms with Gasteiger partial charge in [0.15, 0.2) is 0 Å². The van der Waals surface area contributed by atoms with E-state index in [1.165, 1.54) is 71.1 Å². The highest BCUT2D eigenvalue weighted by molar-refractivity contribution is 4.66. The van der Waals surface area contributed by atoms with Crippen LogP contribution in [0.5, 0.6) is 0 Å². The number of hydrogen-bond donors (Lipinski definition) is 0. The fourth-order valence-electron chi connectivity index (χ4n) is 2.66.